The van der Waals surface area contributed by atoms with Gasteiger partial charge in [0.2, 0.25) is 5.91 Å². The number of pyridine rings is 1. The number of primary amides is 1. The molecule has 3 N–H and O–H groups in total. The number of likely N-dealkylation sites (tertiary alicyclic amines) is 1. The number of nitrogens with zero attached hydrogens (tertiary/aromatic N) is 3. The number of anilines is 1. The topological polar surface area (TPSA) is 138 Å². The summed E-state index contributed by atoms with van der Waals surface area (Å²) in [7, 11) is 1.49. The van der Waals surface area contributed by atoms with Crippen LogP contribution in [0.1, 0.15) is 47.3 Å². The number of methoxy groups -OCH3 is 1. The predicted molar refractivity (Wildman–Crippen MR) is 112 cm³/mol. The van der Waals surface area contributed by atoms with Gasteiger partial charge in [-0.3, -0.25) is 19.4 Å². The van der Waals surface area contributed by atoms with E-state index in [2.05, 4.69) is 16.4 Å². The summed E-state index contributed by atoms with van der Waals surface area (Å²) in [5, 5.41) is 11.9. The van der Waals surface area contributed by atoms with Gasteiger partial charge in [0.05, 0.1) is 36.2 Å². The molecule has 1 fully saturated rings. The largest absolute Gasteiger partial charge is 0.495 e. The molecule has 1 aromatic carbocycles. The van der Waals surface area contributed by atoms with Crippen LogP contribution in [0.15, 0.2) is 36.7 Å². The molecule has 2 heterocycles. The molecule has 2 aromatic rings. The molecule has 1 saturated heterocycles. The molecule has 1 aliphatic rings. The van der Waals surface area contributed by atoms with E-state index in [-0.39, 0.29) is 23.2 Å². The van der Waals surface area contributed by atoms with Crippen molar-refractivity contribution in [1.82, 2.24) is 9.88 Å². The fourth-order valence-electron chi connectivity index (χ4n) is 3.70. The van der Waals surface area contributed by atoms with Gasteiger partial charge in [-0.1, -0.05) is 13.0 Å². The van der Waals surface area contributed by atoms with E-state index in [4.69, 9.17) is 10.5 Å². The molecule has 3 rings (SSSR count). The van der Waals surface area contributed by atoms with Crippen LogP contribution in [-0.4, -0.2) is 41.3 Å². The van der Waals surface area contributed by atoms with Gasteiger partial charge in [0, 0.05) is 12.7 Å². The summed E-state index contributed by atoms with van der Waals surface area (Å²) in [5.74, 6) is -1.55. The fourth-order valence-corrected chi connectivity index (χ4v) is 3.70. The SMILES string of the molecule is COc1ccc([C@@H]2CC[C@@H](C)CN2C(=O)C(=O)Nc2cncc(C(N)=O)c2)cc1C#N. The summed E-state index contributed by atoms with van der Waals surface area (Å²) in [6.07, 6.45) is 4.15. The molecular formula is C22H23N5O4. The van der Waals surface area contributed by atoms with E-state index in [1.54, 1.807) is 18.2 Å². The average Bonchev–Trinajstić information content (AvgIpc) is 2.78. The average molecular weight is 421 g/mol. The van der Waals surface area contributed by atoms with Gasteiger partial charge in [0.1, 0.15) is 11.8 Å². The van der Waals surface area contributed by atoms with Crippen molar-refractivity contribution in [3.8, 4) is 11.8 Å². The number of ether oxygens (including phenoxy) is 1. The van der Waals surface area contributed by atoms with E-state index in [0.29, 0.717) is 24.3 Å². The third kappa shape index (κ3) is 4.80. The molecule has 9 nitrogen and oxygen atoms in total. The smallest absolute Gasteiger partial charge is 0.313 e. The number of nitriles is 1. The van der Waals surface area contributed by atoms with Crippen molar-refractivity contribution in [3.63, 3.8) is 0 Å². The number of benzene rings is 1. The van der Waals surface area contributed by atoms with Gasteiger partial charge in [-0.2, -0.15) is 5.26 Å². The lowest BCUT2D eigenvalue weighted by Crippen LogP contribution is -2.46. The zero-order valence-electron chi connectivity index (χ0n) is 17.3. The Kier molecular flexibility index (Phi) is 6.50. The van der Waals surface area contributed by atoms with Gasteiger partial charge in [-0.15, -0.1) is 0 Å². The zero-order chi connectivity index (χ0) is 22.5. The van der Waals surface area contributed by atoms with Crippen LogP contribution in [0.3, 0.4) is 0 Å². The number of hydrogen-bond acceptors (Lipinski definition) is 6. The molecule has 1 aromatic heterocycles. The molecule has 0 bridgehead atoms. The number of nitrogens with two attached hydrogens (primary N) is 1. The third-order valence-corrected chi connectivity index (χ3v) is 5.28. The van der Waals surface area contributed by atoms with Crippen LogP contribution in [0.5, 0.6) is 5.75 Å². The monoisotopic (exact) mass is 421 g/mol. The number of rotatable bonds is 4. The highest BCUT2D eigenvalue weighted by atomic mass is 16.5. The van der Waals surface area contributed by atoms with Crippen molar-refractivity contribution in [2.45, 2.75) is 25.8 Å². The highest BCUT2D eigenvalue weighted by Gasteiger charge is 2.34. The fraction of sp³-hybridized carbons (Fsp3) is 0.318. The lowest BCUT2D eigenvalue weighted by molar-refractivity contribution is -0.146. The Labute approximate surface area is 179 Å². The Balaban J connectivity index is 1.84. The maximum atomic E-state index is 13.0. The summed E-state index contributed by atoms with van der Waals surface area (Å²) < 4.78 is 5.19. The lowest BCUT2D eigenvalue weighted by Gasteiger charge is -2.38. The highest BCUT2D eigenvalue weighted by Crippen LogP contribution is 2.35. The quantitative estimate of drug-likeness (QED) is 0.724. The van der Waals surface area contributed by atoms with Crippen molar-refractivity contribution in [2.24, 2.45) is 11.7 Å². The maximum absolute atomic E-state index is 13.0. The second kappa shape index (κ2) is 9.26. The van der Waals surface area contributed by atoms with E-state index in [1.165, 1.54) is 30.5 Å². The molecule has 0 saturated carbocycles. The van der Waals surface area contributed by atoms with Crippen LogP contribution in [-0.2, 0) is 9.59 Å². The Morgan fingerprint density at radius 3 is 2.71 bits per heavy atom. The van der Waals surface area contributed by atoms with Gasteiger partial charge in [0.15, 0.2) is 0 Å². The molecule has 1 aliphatic heterocycles. The number of amides is 3. The Hall–Kier alpha value is -3.93. The van der Waals surface area contributed by atoms with E-state index in [1.807, 2.05) is 6.92 Å². The van der Waals surface area contributed by atoms with Crippen LogP contribution in [0.2, 0.25) is 0 Å². The molecule has 0 aliphatic carbocycles. The number of hydrogen-bond donors (Lipinski definition) is 2. The first-order valence-electron chi connectivity index (χ1n) is 9.78. The first-order valence-corrected chi connectivity index (χ1v) is 9.78. The Bertz CT molecular complexity index is 1060. The highest BCUT2D eigenvalue weighted by molar-refractivity contribution is 6.39. The molecular weight excluding hydrogens is 398 g/mol. The van der Waals surface area contributed by atoms with Gasteiger partial charge in [-0.25, -0.2) is 0 Å². The normalized spacial score (nSPS) is 18.0. The van der Waals surface area contributed by atoms with Gasteiger partial charge >= 0.3 is 11.8 Å². The van der Waals surface area contributed by atoms with Crippen LogP contribution in [0.4, 0.5) is 5.69 Å². The molecule has 0 unspecified atom stereocenters. The summed E-state index contributed by atoms with van der Waals surface area (Å²) >= 11 is 0. The minimum absolute atomic E-state index is 0.122. The van der Waals surface area contributed by atoms with Crippen molar-refractivity contribution in [1.29, 1.82) is 5.26 Å². The van der Waals surface area contributed by atoms with E-state index in [9.17, 15) is 19.6 Å². The summed E-state index contributed by atoms with van der Waals surface area (Å²) in [5.41, 5.74) is 6.69. The molecule has 9 heteroatoms. The summed E-state index contributed by atoms with van der Waals surface area (Å²) in [6, 6.07) is 8.30. The first-order chi connectivity index (χ1) is 14.8. The number of aromatic nitrogens is 1. The van der Waals surface area contributed by atoms with E-state index in [0.717, 1.165) is 12.0 Å². The second-order valence-electron chi connectivity index (χ2n) is 7.51. The van der Waals surface area contributed by atoms with E-state index < -0.39 is 17.7 Å². The zero-order valence-corrected chi connectivity index (χ0v) is 17.3. The second-order valence-corrected chi connectivity index (χ2v) is 7.51. The molecule has 0 radical (unpaired) electrons. The number of piperidine rings is 1. The lowest BCUT2D eigenvalue weighted by atomic mass is 9.89. The third-order valence-electron chi connectivity index (χ3n) is 5.28. The molecule has 0 spiro atoms. The van der Waals surface area contributed by atoms with Crippen molar-refractivity contribution < 1.29 is 19.1 Å². The molecule has 3 amide bonds. The molecule has 2 atom stereocenters. The summed E-state index contributed by atoms with van der Waals surface area (Å²) in [6.45, 7) is 2.42. The molecule has 31 heavy (non-hydrogen) atoms. The summed E-state index contributed by atoms with van der Waals surface area (Å²) in [4.78, 5) is 42.4. The first kappa shape index (κ1) is 21.8. The molecule has 160 valence electrons. The Morgan fingerprint density at radius 2 is 2.03 bits per heavy atom. The number of carbonyl (C=O) groups excluding carboxylic acids is 3. The maximum Gasteiger partial charge on any atom is 0.313 e. The minimum atomic E-state index is -0.837. The van der Waals surface area contributed by atoms with Crippen molar-refractivity contribution in [3.05, 3.63) is 53.3 Å². The van der Waals surface area contributed by atoms with Crippen molar-refractivity contribution >= 4 is 23.4 Å². The van der Waals surface area contributed by atoms with Gasteiger partial charge in [0.25, 0.3) is 0 Å². The van der Waals surface area contributed by atoms with Crippen LogP contribution in [0.25, 0.3) is 0 Å². The van der Waals surface area contributed by atoms with Gasteiger partial charge < -0.3 is 20.7 Å². The van der Waals surface area contributed by atoms with Gasteiger partial charge in [-0.05, 0) is 42.5 Å². The number of nitrogens with one attached hydrogen (secondary N) is 1. The van der Waals surface area contributed by atoms with Crippen LogP contribution < -0.4 is 15.8 Å². The minimum Gasteiger partial charge on any atom is -0.495 e. The Morgan fingerprint density at radius 1 is 1.26 bits per heavy atom. The standard InChI is InChI=1S/C22H23N5O4/c1-13-3-5-18(14-4-6-19(31-2)15(7-14)9-23)27(12-13)22(30)21(29)26-17-8-16(20(24)28)10-25-11-17/h4,6-8,10-11,13,18H,3,5,12H2,1-2H3,(H2,24,28)(H,26,29)/t13-,18+/m1/s1. The van der Waals surface area contributed by atoms with Crippen LogP contribution >= 0.6 is 0 Å². The van der Waals surface area contributed by atoms with Crippen LogP contribution in [0, 0.1) is 17.2 Å². The van der Waals surface area contributed by atoms with Crippen molar-refractivity contribution in [2.75, 3.05) is 19.0 Å². The van der Waals surface area contributed by atoms with E-state index >= 15 is 0 Å². The number of carbonyl (C=O) groups is 3. The predicted octanol–water partition coefficient (Wildman–Crippen LogP) is 2.00.